The van der Waals surface area contributed by atoms with Crippen molar-refractivity contribution in [3.63, 3.8) is 0 Å². The monoisotopic (exact) mass is 447 g/mol. The number of likely N-dealkylation sites (tertiary alicyclic amines) is 1. The molecular weight excluding hydrogens is 417 g/mol. The van der Waals surface area contributed by atoms with Gasteiger partial charge in [0.15, 0.2) is 0 Å². The standard InChI is InChI=1S/C26H30FN5O/c1-2-31-15-16-32-23(21-9-6-10-22(27)17-21)19-28-24(32)26(31)11-13-30(14-12-26)25(33)29-18-20-7-4-3-5-8-20/h3-10,17,19H,2,11-16,18H2,1H3,(H,29,33). The van der Waals surface area contributed by atoms with Gasteiger partial charge < -0.3 is 14.8 Å². The van der Waals surface area contributed by atoms with E-state index in [1.807, 2.05) is 47.5 Å². The molecule has 3 heterocycles. The van der Waals surface area contributed by atoms with Gasteiger partial charge in [0.1, 0.15) is 11.6 Å². The zero-order valence-electron chi connectivity index (χ0n) is 19.0. The van der Waals surface area contributed by atoms with Crippen LogP contribution in [0.15, 0.2) is 60.8 Å². The Morgan fingerprint density at radius 2 is 1.85 bits per heavy atom. The molecule has 2 amide bonds. The fourth-order valence-electron chi connectivity index (χ4n) is 5.39. The topological polar surface area (TPSA) is 53.4 Å². The van der Waals surface area contributed by atoms with E-state index in [4.69, 9.17) is 4.98 Å². The number of rotatable bonds is 4. The summed E-state index contributed by atoms with van der Waals surface area (Å²) in [6.07, 6.45) is 3.54. The predicted molar refractivity (Wildman–Crippen MR) is 126 cm³/mol. The number of amides is 2. The van der Waals surface area contributed by atoms with Gasteiger partial charge in [-0.3, -0.25) is 4.90 Å². The SMILES string of the molecule is CCN1CCn2c(-c3cccc(F)c3)cnc2C12CCN(C(=O)NCc1ccccc1)CC2. The summed E-state index contributed by atoms with van der Waals surface area (Å²) in [6.45, 7) is 6.76. The molecule has 1 spiro atoms. The molecule has 1 saturated heterocycles. The van der Waals surface area contributed by atoms with Crippen molar-refractivity contribution in [2.45, 2.75) is 38.4 Å². The summed E-state index contributed by atoms with van der Waals surface area (Å²) in [5.41, 5.74) is 2.71. The Morgan fingerprint density at radius 3 is 2.58 bits per heavy atom. The molecule has 172 valence electrons. The first kappa shape index (κ1) is 21.6. The molecule has 0 saturated carbocycles. The first-order chi connectivity index (χ1) is 16.1. The van der Waals surface area contributed by atoms with Crippen molar-refractivity contribution in [2.24, 2.45) is 0 Å². The van der Waals surface area contributed by atoms with Gasteiger partial charge in [-0.05, 0) is 37.1 Å². The molecule has 33 heavy (non-hydrogen) atoms. The van der Waals surface area contributed by atoms with E-state index in [-0.39, 0.29) is 17.4 Å². The van der Waals surface area contributed by atoms with Crippen LogP contribution in [0.5, 0.6) is 0 Å². The highest BCUT2D eigenvalue weighted by atomic mass is 19.1. The van der Waals surface area contributed by atoms with E-state index in [0.29, 0.717) is 19.6 Å². The summed E-state index contributed by atoms with van der Waals surface area (Å²) < 4.78 is 16.1. The molecule has 6 nitrogen and oxygen atoms in total. The van der Waals surface area contributed by atoms with Crippen molar-refractivity contribution >= 4 is 6.03 Å². The molecule has 0 radical (unpaired) electrons. The lowest BCUT2D eigenvalue weighted by Gasteiger charge is -2.50. The predicted octanol–water partition coefficient (Wildman–Crippen LogP) is 4.23. The largest absolute Gasteiger partial charge is 0.334 e. The van der Waals surface area contributed by atoms with Crippen LogP contribution in [0.4, 0.5) is 9.18 Å². The third-order valence-electron chi connectivity index (χ3n) is 7.14. The fourth-order valence-corrected chi connectivity index (χ4v) is 5.39. The lowest BCUT2D eigenvalue weighted by atomic mass is 9.83. The maximum atomic E-state index is 13.9. The number of hydrogen-bond donors (Lipinski definition) is 1. The normalized spacial score (nSPS) is 17.7. The number of fused-ring (bicyclic) bond motifs is 2. The van der Waals surface area contributed by atoms with E-state index in [0.717, 1.165) is 55.1 Å². The average Bonchev–Trinajstić information content (AvgIpc) is 3.29. The molecule has 0 bridgehead atoms. The highest BCUT2D eigenvalue weighted by Crippen LogP contribution is 2.42. The van der Waals surface area contributed by atoms with Gasteiger partial charge in [0.2, 0.25) is 0 Å². The Morgan fingerprint density at radius 1 is 1.06 bits per heavy atom. The molecule has 0 aliphatic carbocycles. The zero-order valence-corrected chi connectivity index (χ0v) is 19.0. The second-order valence-electron chi connectivity index (χ2n) is 8.87. The van der Waals surface area contributed by atoms with Gasteiger partial charge in [0.25, 0.3) is 0 Å². The number of nitrogens with zero attached hydrogens (tertiary/aromatic N) is 4. The fraction of sp³-hybridized carbons (Fsp3) is 0.385. The van der Waals surface area contributed by atoms with Crippen LogP contribution in [0.25, 0.3) is 11.3 Å². The number of likely N-dealkylation sites (N-methyl/N-ethyl adjacent to an activating group) is 1. The zero-order chi connectivity index (χ0) is 22.8. The van der Waals surface area contributed by atoms with Crippen LogP contribution >= 0.6 is 0 Å². The maximum absolute atomic E-state index is 13.9. The Bertz CT molecular complexity index is 1120. The van der Waals surface area contributed by atoms with Crippen LogP contribution in [0.1, 0.15) is 31.2 Å². The van der Waals surface area contributed by atoms with Gasteiger partial charge in [-0.1, -0.05) is 49.4 Å². The van der Waals surface area contributed by atoms with E-state index in [1.165, 1.54) is 6.07 Å². The highest BCUT2D eigenvalue weighted by Gasteiger charge is 2.47. The first-order valence-corrected chi connectivity index (χ1v) is 11.7. The summed E-state index contributed by atoms with van der Waals surface area (Å²) in [5.74, 6) is 0.804. The third-order valence-corrected chi connectivity index (χ3v) is 7.14. The quantitative estimate of drug-likeness (QED) is 0.651. The van der Waals surface area contributed by atoms with Gasteiger partial charge in [-0.2, -0.15) is 0 Å². The number of carbonyl (C=O) groups excluding carboxylic acids is 1. The third kappa shape index (κ3) is 4.02. The van der Waals surface area contributed by atoms with Crippen LogP contribution in [0, 0.1) is 5.82 Å². The molecule has 1 fully saturated rings. The van der Waals surface area contributed by atoms with E-state index in [2.05, 4.69) is 21.7 Å². The van der Waals surface area contributed by atoms with Crippen LogP contribution in [-0.2, 0) is 18.6 Å². The average molecular weight is 448 g/mol. The molecule has 1 N–H and O–H groups in total. The number of halogens is 1. The Hall–Kier alpha value is -3.19. The lowest BCUT2D eigenvalue weighted by Crippen LogP contribution is -2.59. The van der Waals surface area contributed by atoms with Gasteiger partial charge in [0, 0.05) is 38.3 Å². The Labute approximate surface area is 194 Å². The Kier molecular flexibility index (Phi) is 5.89. The summed E-state index contributed by atoms with van der Waals surface area (Å²) in [7, 11) is 0. The van der Waals surface area contributed by atoms with Gasteiger partial charge in [-0.25, -0.2) is 14.2 Å². The molecule has 0 atom stereocenters. The summed E-state index contributed by atoms with van der Waals surface area (Å²) in [5, 5.41) is 3.05. The molecule has 3 aromatic rings. The van der Waals surface area contributed by atoms with Crippen molar-refractivity contribution in [2.75, 3.05) is 26.2 Å². The van der Waals surface area contributed by atoms with Crippen LogP contribution < -0.4 is 5.32 Å². The number of aromatic nitrogens is 2. The molecule has 2 aliphatic rings. The second kappa shape index (κ2) is 8.98. The molecular formula is C26H30FN5O. The minimum atomic E-state index is -0.237. The van der Waals surface area contributed by atoms with Crippen LogP contribution in [0.3, 0.4) is 0 Å². The number of hydrogen-bond acceptors (Lipinski definition) is 3. The van der Waals surface area contributed by atoms with Crippen LogP contribution in [0.2, 0.25) is 0 Å². The molecule has 2 aliphatic heterocycles. The number of benzene rings is 2. The first-order valence-electron chi connectivity index (χ1n) is 11.7. The summed E-state index contributed by atoms with van der Waals surface area (Å²) >= 11 is 0. The van der Waals surface area contributed by atoms with E-state index in [1.54, 1.807) is 12.1 Å². The van der Waals surface area contributed by atoms with Gasteiger partial charge in [-0.15, -0.1) is 0 Å². The van der Waals surface area contributed by atoms with Gasteiger partial charge >= 0.3 is 6.03 Å². The van der Waals surface area contributed by atoms with E-state index >= 15 is 0 Å². The highest BCUT2D eigenvalue weighted by molar-refractivity contribution is 5.74. The molecule has 0 unspecified atom stereocenters. The molecule has 7 heteroatoms. The number of urea groups is 1. The number of imidazole rings is 1. The molecule has 2 aromatic carbocycles. The summed E-state index contributed by atoms with van der Waals surface area (Å²) in [6, 6.07) is 16.7. The van der Waals surface area contributed by atoms with E-state index < -0.39 is 0 Å². The molecule has 1 aromatic heterocycles. The van der Waals surface area contributed by atoms with E-state index in [9.17, 15) is 9.18 Å². The van der Waals surface area contributed by atoms with Crippen molar-refractivity contribution in [3.05, 3.63) is 78.0 Å². The van der Waals surface area contributed by atoms with Crippen molar-refractivity contribution in [3.8, 4) is 11.3 Å². The Balaban J connectivity index is 1.34. The smallest absolute Gasteiger partial charge is 0.317 e. The minimum absolute atomic E-state index is 0.0173. The second-order valence-corrected chi connectivity index (χ2v) is 8.87. The van der Waals surface area contributed by atoms with Crippen molar-refractivity contribution < 1.29 is 9.18 Å². The lowest BCUT2D eigenvalue weighted by molar-refractivity contribution is 0.00269. The van der Waals surface area contributed by atoms with Crippen molar-refractivity contribution in [1.29, 1.82) is 0 Å². The number of piperidine rings is 1. The minimum Gasteiger partial charge on any atom is -0.334 e. The van der Waals surface area contributed by atoms with Crippen molar-refractivity contribution in [1.82, 2.24) is 24.7 Å². The van der Waals surface area contributed by atoms with Gasteiger partial charge in [0.05, 0.1) is 17.4 Å². The van der Waals surface area contributed by atoms with Crippen LogP contribution in [-0.4, -0.2) is 51.6 Å². The number of carbonyl (C=O) groups is 1. The number of nitrogens with one attached hydrogen (secondary N) is 1. The maximum Gasteiger partial charge on any atom is 0.317 e. The molecule has 5 rings (SSSR count). The summed E-state index contributed by atoms with van der Waals surface area (Å²) in [4.78, 5) is 22.1.